The largest absolute Gasteiger partial charge is 0.469 e. The number of carbonyl (C=O) groups excluding carboxylic acids is 2. The predicted molar refractivity (Wildman–Crippen MR) is 165 cm³/mol. The van der Waals surface area contributed by atoms with E-state index in [0.717, 1.165) is 5.56 Å². The molecular weight excluding hydrogens is 582 g/mol. The summed E-state index contributed by atoms with van der Waals surface area (Å²) in [5.41, 5.74) is -0.461. The topological polar surface area (TPSA) is 68.3 Å². The van der Waals surface area contributed by atoms with Crippen LogP contribution in [0.5, 0.6) is 0 Å². The lowest BCUT2D eigenvalue weighted by molar-refractivity contribution is -0.139. The van der Waals surface area contributed by atoms with E-state index in [-0.39, 0.29) is 29.4 Å². The van der Waals surface area contributed by atoms with Crippen LogP contribution in [0.4, 0.5) is 19.3 Å². The monoisotopic (exact) mass is 626 g/mol. The Morgan fingerprint density at radius 3 is 2.19 bits per heavy atom. The predicted octanol–water partition coefficient (Wildman–Crippen LogP) is 8.47. The summed E-state index contributed by atoms with van der Waals surface area (Å²) in [6.07, 6.45) is -1.35. The molecule has 0 fully saturated rings. The van der Waals surface area contributed by atoms with Gasteiger partial charge in [0.1, 0.15) is 5.60 Å². The zero-order valence-corrected chi connectivity index (χ0v) is 28.2. The number of hydrogen-bond donors (Lipinski definition) is 0. The third-order valence-electron chi connectivity index (χ3n) is 7.12. The molecule has 7 nitrogen and oxygen atoms in total. The van der Waals surface area contributed by atoms with Crippen molar-refractivity contribution in [2.24, 2.45) is 0 Å². The number of rotatable bonds is 11. The second kappa shape index (κ2) is 14.2. The minimum absolute atomic E-state index is 0.0628. The van der Waals surface area contributed by atoms with Gasteiger partial charge in [0.2, 0.25) is 0 Å². The molecule has 0 aromatic heterocycles. The highest BCUT2D eigenvalue weighted by molar-refractivity contribution is 6.74. The lowest BCUT2D eigenvalue weighted by Crippen LogP contribution is -2.53. The fourth-order valence-electron chi connectivity index (χ4n) is 3.92. The van der Waals surface area contributed by atoms with Crippen LogP contribution in [0.25, 0.3) is 0 Å². The average molecular weight is 627 g/mol. The lowest BCUT2D eigenvalue weighted by Gasteiger charge is -2.43. The van der Waals surface area contributed by atoms with Crippen LogP contribution in [0.15, 0.2) is 36.4 Å². The van der Waals surface area contributed by atoms with Crippen molar-refractivity contribution >= 4 is 37.7 Å². The van der Waals surface area contributed by atoms with E-state index in [4.69, 9.17) is 20.8 Å². The first kappa shape index (κ1) is 35.5. The van der Waals surface area contributed by atoms with E-state index < -0.39 is 50.1 Å². The van der Waals surface area contributed by atoms with Gasteiger partial charge in [-0.1, -0.05) is 57.5 Å². The number of methoxy groups -OCH3 is 1. The molecular formula is C31H45ClF2N2O5Si. The number of hydrogen-bond acceptors (Lipinski definition) is 6. The summed E-state index contributed by atoms with van der Waals surface area (Å²) in [5, 5.41) is 2.99. The molecule has 0 unspecified atom stereocenters. The highest BCUT2D eigenvalue weighted by Crippen LogP contribution is 2.41. The number of anilines is 1. The molecule has 234 valence electrons. The molecule has 0 bridgehead atoms. The van der Waals surface area contributed by atoms with Crippen molar-refractivity contribution in [3.05, 3.63) is 64.2 Å². The van der Waals surface area contributed by atoms with Gasteiger partial charge in [0.05, 0.1) is 31.9 Å². The average Bonchev–Trinajstić information content (AvgIpc) is 2.86. The molecule has 0 saturated carbocycles. The normalized spacial score (nSPS) is 13.0. The fourth-order valence-corrected chi connectivity index (χ4v) is 5.39. The number of benzene rings is 2. The molecule has 0 radical (unpaired) electrons. The van der Waals surface area contributed by atoms with E-state index in [9.17, 15) is 9.59 Å². The minimum Gasteiger partial charge on any atom is -0.469 e. The SMILES string of the molecule is CCCN(c1ccc(CC(=O)OC)c(F)c1F)N(C[C@H](O[Si](C)(C)C(C)(C)C)c1cccc(Cl)c1)C(=O)OC(C)(C)C. The first-order valence-corrected chi connectivity index (χ1v) is 17.3. The Kier molecular flexibility index (Phi) is 12.0. The van der Waals surface area contributed by atoms with Gasteiger partial charge < -0.3 is 13.9 Å². The molecule has 0 spiro atoms. The number of hydrazine groups is 1. The van der Waals surface area contributed by atoms with Gasteiger partial charge in [0, 0.05) is 17.1 Å². The fraction of sp³-hybridized carbons (Fsp3) is 0.548. The van der Waals surface area contributed by atoms with E-state index in [2.05, 4.69) is 38.6 Å². The molecule has 0 saturated heterocycles. The first-order chi connectivity index (χ1) is 19.3. The third-order valence-corrected chi connectivity index (χ3v) is 11.8. The summed E-state index contributed by atoms with van der Waals surface area (Å²) in [5.74, 6) is -3.08. The van der Waals surface area contributed by atoms with Crippen molar-refractivity contribution in [3.8, 4) is 0 Å². The Labute approximate surface area is 255 Å². The maximum Gasteiger partial charge on any atom is 0.429 e. The maximum atomic E-state index is 15.7. The number of ether oxygens (including phenoxy) is 2. The Morgan fingerprint density at radius 2 is 1.67 bits per heavy atom. The molecule has 1 amide bonds. The van der Waals surface area contributed by atoms with Gasteiger partial charge in [-0.2, -0.15) is 0 Å². The molecule has 11 heteroatoms. The van der Waals surface area contributed by atoms with Gasteiger partial charge in [-0.15, -0.1) is 0 Å². The summed E-state index contributed by atoms with van der Waals surface area (Å²) < 4.78 is 48.2. The van der Waals surface area contributed by atoms with Gasteiger partial charge in [-0.25, -0.2) is 18.6 Å². The number of esters is 1. The van der Waals surface area contributed by atoms with E-state index >= 15 is 8.78 Å². The molecule has 0 aliphatic heterocycles. The first-order valence-electron chi connectivity index (χ1n) is 14.1. The van der Waals surface area contributed by atoms with Crippen molar-refractivity contribution in [1.29, 1.82) is 0 Å². The summed E-state index contributed by atoms with van der Waals surface area (Å²) in [6, 6.07) is 9.86. The van der Waals surface area contributed by atoms with Gasteiger partial charge in [-0.05, 0) is 69.1 Å². The van der Waals surface area contributed by atoms with E-state index in [1.54, 1.807) is 39.0 Å². The summed E-state index contributed by atoms with van der Waals surface area (Å²) in [4.78, 5) is 25.6. The summed E-state index contributed by atoms with van der Waals surface area (Å²) in [6.45, 7) is 17.7. The number of amides is 1. The van der Waals surface area contributed by atoms with Crippen LogP contribution in [0, 0.1) is 11.6 Å². The summed E-state index contributed by atoms with van der Waals surface area (Å²) in [7, 11) is -1.24. The second-order valence-electron chi connectivity index (χ2n) is 12.7. The Balaban J connectivity index is 2.71. The molecule has 0 aliphatic rings. The van der Waals surface area contributed by atoms with Crippen LogP contribution in [-0.4, -0.2) is 51.2 Å². The zero-order chi connectivity index (χ0) is 32.0. The van der Waals surface area contributed by atoms with Crippen LogP contribution in [-0.2, 0) is 25.1 Å². The molecule has 0 heterocycles. The van der Waals surface area contributed by atoms with Crippen molar-refractivity contribution < 1.29 is 32.3 Å². The van der Waals surface area contributed by atoms with Crippen LogP contribution >= 0.6 is 11.6 Å². The summed E-state index contributed by atoms with van der Waals surface area (Å²) >= 11 is 6.36. The smallest absolute Gasteiger partial charge is 0.429 e. The van der Waals surface area contributed by atoms with Crippen molar-refractivity contribution in [1.82, 2.24) is 5.01 Å². The zero-order valence-electron chi connectivity index (χ0n) is 26.4. The molecule has 0 N–H and O–H groups in total. The highest BCUT2D eigenvalue weighted by atomic mass is 35.5. The minimum atomic E-state index is -2.41. The van der Waals surface area contributed by atoms with E-state index in [1.807, 2.05) is 13.0 Å². The van der Waals surface area contributed by atoms with Gasteiger partial charge in [-0.3, -0.25) is 9.80 Å². The number of carbonyl (C=O) groups is 2. The van der Waals surface area contributed by atoms with Crippen LogP contribution in [0.2, 0.25) is 23.2 Å². The molecule has 2 aromatic rings. The van der Waals surface area contributed by atoms with Crippen LogP contribution in [0.1, 0.15) is 72.1 Å². The van der Waals surface area contributed by atoms with Crippen LogP contribution < -0.4 is 5.01 Å². The van der Waals surface area contributed by atoms with Crippen molar-refractivity contribution in [2.75, 3.05) is 25.2 Å². The Morgan fingerprint density at radius 1 is 1.02 bits per heavy atom. The van der Waals surface area contributed by atoms with E-state index in [0.29, 0.717) is 11.4 Å². The van der Waals surface area contributed by atoms with Gasteiger partial charge >= 0.3 is 12.1 Å². The number of nitrogens with zero attached hydrogens (tertiary/aromatic N) is 2. The molecule has 1 atom stereocenters. The van der Waals surface area contributed by atoms with Crippen LogP contribution in [0.3, 0.4) is 0 Å². The molecule has 0 aliphatic carbocycles. The molecule has 2 aromatic carbocycles. The highest BCUT2D eigenvalue weighted by Gasteiger charge is 2.41. The Bertz CT molecular complexity index is 1250. The van der Waals surface area contributed by atoms with Gasteiger partial charge in [0.15, 0.2) is 20.0 Å². The quantitative estimate of drug-likeness (QED) is 0.142. The lowest BCUT2D eigenvalue weighted by atomic mass is 10.1. The molecule has 2 rings (SSSR count). The van der Waals surface area contributed by atoms with Gasteiger partial charge in [0.25, 0.3) is 0 Å². The second-order valence-corrected chi connectivity index (χ2v) is 17.9. The Hall–Kier alpha value is -2.69. The van der Waals surface area contributed by atoms with Crippen molar-refractivity contribution in [3.63, 3.8) is 0 Å². The molecule has 42 heavy (non-hydrogen) atoms. The maximum absolute atomic E-state index is 15.7. The standard InChI is InChI=1S/C31H45ClF2N2O5Si/c1-11-17-35(24-16-15-22(19-26(37)39-8)27(33)28(24)34)36(29(38)40-30(2,3)4)20-25(21-13-12-14-23(32)18-21)41-42(9,10)31(5,6)7/h12-16,18,25H,11,17,19-20H2,1-10H3/t25-/m0/s1. The van der Waals surface area contributed by atoms with Crippen molar-refractivity contribution in [2.45, 2.75) is 91.1 Å². The third kappa shape index (κ3) is 9.41. The number of halogens is 3. The van der Waals surface area contributed by atoms with E-state index in [1.165, 1.54) is 29.3 Å².